The zero-order chi connectivity index (χ0) is 16.3. The molecule has 6 nitrogen and oxygen atoms in total. The predicted octanol–water partition coefficient (Wildman–Crippen LogP) is 1.39. The van der Waals surface area contributed by atoms with E-state index in [1.165, 1.54) is 0 Å². The van der Waals surface area contributed by atoms with E-state index in [0.717, 1.165) is 24.3 Å². The standard InChI is InChI=1S/C11H12F3NO5S/c12-11(13,14)5-6-21(19,20)15-9(10(17)18)7-1-3-8(16)4-2-7/h1-4,9,15-16H,5-6H2,(H,17,18)/t9-/m0/s1. The molecule has 21 heavy (non-hydrogen) atoms. The lowest BCUT2D eigenvalue weighted by molar-refractivity contribution is -0.139. The number of hydrogen-bond acceptors (Lipinski definition) is 4. The van der Waals surface area contributed by atoms with Crippen LogP contribution in [0.25, 0.3) is 0 Å². The molecular formula is C11H12F3NO5S. The van der Waals surface area contributed by atoms with Crippen LogP contribution in [0.1, 0.15) is 18.0 Å². The molecule has 0 aliphatic carbocycles. The van der Waals surface area contributed by atoms with Crippen LogP contribution in [0.15, 0.2) is 24.3 Å². The van der Waals surface area contributed by atoms with E-state index in [-0.39, 0.29) is 11.3 Å². The molecule has 3 N–H and O–H groups in total. The Labute approximate surface area is 118 Å². The van der Waals surface area contributed by atoms with Crippen molar-refractivity contribution in [2.45, 2.75) is 18.6 Å². The molecule has 1 aromatic carbocycles. The van der Waals surface area contributed by atoms with Gasteiger partial charge >= 0.3 is 12.1 Å². The largest absolute Gasteiger partial charge is 0.508 e. The number of carbonyl (C=O) groups is 1. The van der Waals surface area contributed by atoms with Crippen molar-refractivity contribution >= 4 is 16.0 Å². The third-order valence-corrected chi connectivity index (χ3v) is 3.76. The molecule has 0 bridgehead atoms. The number of phenolic OH excluding ortho intramolecular Hbond substituents is 1. The number of carboxylic acids is 1. The molecule has 0 aliphatic heterocycles. The van der Waals surface area contributed by atoms with E-state index in [1.807, 2.05) is 0 Å². The quantitative estimate of drug-likeness (QED) is 0.732. The zero-order valence-electron chi connectivity index (χ0n) is 10.5. The van der Waals surface area contributed by atoms with Gasteiger partial charge in [-0.3, -0.25) is 4.79 Å². The molecule has 10 heteroatoms. The molecule has 0 saturated carbocycles. The molecule has 0 radical (unpaired) electrons. The van der Waals surface area contributed by atoms with Gasteiger partial charge in [0.2, 0.25) is 10.0 Å². The minimum atomic E-state index is -4.66. The van der Waals surface area contributed by atoms with Crippen molar-refractivity contribution in [3.8, 4) is 5.75 Å². The van der Waals surface area contributed by atoms with E-state index in [9.17, 15) is 26.4 Å². The normalized spacial score (nSPS) is 13.9. The maximum Gasteiger partial charge on any atom is 0.390 e. The Morgan fingerprint density at radius 3 is 2.19 bits per heavy atom. The number of aromatic hydroxyl groups is 1. The van der Waals surface area contributed by atoms with Gasteiger partial charge in [-0.1, -0.05) is 12.1 Å². The molecule has 0 aliphatic rings. The maximum absolute atomic E-state index is 12.0. The summed E-state index contributed by atoms with van der Waals surface area (Å²) in [6.07, 6.45) is -6.24. The van der Waals surface area contributed by atoms with Crippen LogP contribution in [0.4, 0.5) is 13.2 Å². The van der Waals surface area contributed by atoms with Crippen LogP contribution in [0.2, 0.25) is 0 Å². The van der Waals surface area contributed by atoms with Crippen LogP contribution in [0.5, 0.6) is 5.75 Å². The Kier molecular flexibility index (Phi) is 5.18. The number of carboxylic acid groups (broad SMARTS) is 1. The van der Waals surface area contributed by atoms with Crippen LogP contribution in [-0.4, -0.2) is 36.5 Å². The van der Waals surface area contributed by atoms with Gasteiger partial charge in [0.15, 0.2) is 0 Å². The summed E-state index contributed by atoms with van der Waals surface area (Å²) in [6.45, 7) is 0. The second kappa shape index (κ2) is 6.31. The average Bonchev–Trinajstić information content (AvgIpc) is 2.34. The van der Waals surface area contributed by atoms with Crippen molar-refractivity contribution in [1.82, 2.24) is 4.72 Å². The summed E-state index contributed by atoms with van der Waals surface area (Å²) in [7, 11) is -4.43. The first-order valence-electron chi connectivity index (χ1n) is 5.59. The zero-order valence-corrected chi connectivity index (χ0v) is 11.3. The highest BCUT2D eigenvalue weighted by Gasteiger charge is 2.32. The predicted molar refractivity (Wildman–Crippen MR) is 66.1 cm³/mol. The summed E-state index contributed by atoms with van der Waals surface area (Å²) in [5.74, 6) is -3.00. The number of nitrogens with one attached hydrogen (secondary N) is 1. The highest BCUT2D eigenvalue weighted by molar-refractivity contribution is 7.89. The highest BCUT2D eigenvalue weighted by Crippen LogP contribution is 2.22. The Hall–Kier alpha value is -1.81. The molecule has 1 aromatic rings. The molecule has 0 unspecified atom stereocenters. The number of halogens is 3. The van der Waals surface area contributed by atoms with Gasteiger partial charge in [-0.2, -0.15) is 17.9 Å². The van der Waals surface area contributed by atoms with Crippen molar-refractivity contribution in [1.29, 1.82) is 0 Å². The molecule has 0 spiro atoms. The first-order chi connectivity index (χ1) is 9.50. The minimum absolute atomic E-state index is 0.0177. The minimum Gasteiger partial charge on any atom is -0.508 e. The van der Waals surface area contributed by atoms with E-state index < -0.39 is 40.4 Å². The fraction of sp³-hybridized carbons (Fsp3) is 0.364. The van der Waals surface area contributed by atoms with Crippen molar-refractivity contribution in [3.05, 3.63) is 29.8 Å². The Bertz CT molecular complexity index is 597. The van der Waals surface area contributed by atoms with E-state index in [0.29, 0.717) is 0 Å². The maximum atomic E-state index is 12.0. The number of phenols is 1. The summed E-state index contributed by atoms with van der Waals surface area (Å²) < 4.78 is 60.7. The molecule has 0 heterocycles. The van der Waals surface area contributed by atoms with Gasteiger partial charge in [-0.05, 0) is 17.7 Å². The summed E-state index contributed by atoms with van der Waals surface area (Å²) in [6, 6.07) is 2.84. The van der Waals surface area contributed by atoms with Crippen molar-refractivity contribution in [2.75, 3.05) is 5.75 Å². The number of sulfonamides is 1. The fourth-order valence-electron chi connectivity index (χ4n) is 1.42. The Morgan fingerprint density at radius 1 is 1.24 bits per heavy atom. The molecule has 1 rings (SSSR count). The first kappa shape index (κ1) is 17.2. The Morgan fingerprint density at radius 2 is 1.76 bits per heavy atom. The van der Waals surface area contributed by atoms with Crippen LogP contribution < -0.4 is 4.72 Å². The van der Waals surface area contributed by atoms with Crippen LogP contribution in [0.3, 0.4) is 0 Å². The van der Waals surface area contributed by atoms with Crippen molar-refractivity contribution < 1.29 is 36.6 Å². The molecule has 1 atom stereocenters. The van der Waals surface area contributed by atoms with Gasteiger partial charge in [0.05, 0.1) is 12.2 Å². The molecule has 0 fully saturated rings. The topological polar surface area (TPSA) is 104 Å². The number of hydrogen-bond donors (Lipinski definition) is 3. The summed E-state index contributed by atoms with van der Waals surface area (Å²) in [4.78, 5) is 11.1. The van der Waals surface area contributed by atoms with Gasteiger partial charge in [0.1, 0.15) is 11.8 Å². The van der Waals surface area contributed by atoms with Crippen LogP contribution in [0, 0.1) is 0 Å². The van der Waals surface area contributed by atoms with Gasteiger partial charge in [-0.25, -0.2) is 8.42 Å². The van der Waals surface area contributed by atoms with Crippen molar-refractivity contribution in [3.63, 3.8) is 0 Å². The van der Waals surface area contributed by atoms with E-state index in [4.69, 9.17) is 10.2 Å². The van der Waals surface area contributed by atoms with E-state index in [2.05, 4.69) is 0 Å². The lowest BCUT2D eigenvalue weighted by Gasteiger charge is -2.15. The number of aliphatic carboxylic acids is 1. The number of rotatable bonds is 6. The average molecular weight is 327 g/mol. The number of benzene rings is 1. The van der Waals surface area contributed by atoms with Gasteiger partial charge in [-0.15, -0.1) is 0 Å². The van der Waals surface area contributed by atoms with Gasteiger partial charge < -0.3 is 10.2 Å². The fourth-order valence-corrected chi connectivity index (χ4v) is 2.63. The lowest BCUT2D eigenvalue weighted by Crippen LogP contribution is -2.36. The van der Waals surface area contributed by atoms with E-state index in [1.54, 1.807) is 4.72 Å². The van der Waals surface area contributed by atoms with Crippen molar-refractivity contribution in [2.24, 2.45) is 0 Å². The summed E-state index contributed by atoms with van der Waals surface area (Å²) in [5.41, 5.74) is -0.0177. The lowest BCUT2D eigenvalue weighted by atomic mass is 10.1. The van der Waals surface area contributed by atoms with E-state index >= 15 is 0 Å². The highest BCUT2D eigenvalue weighted by atomic mass is 32.2. The van der Waals surface area contributed by atoms with Crippen LogP contribution in [-0.2, 0) is 14.8 Å². The monoisotopic (exact) mass is 327 g/mol. The molecular weight excluding hydrogens is 315 g/mol. The number of alkyl halides is 3. The smallest absolute Gasteiger partial charge is 0.390 e. The third-order valence-electron chi connectivity index (χ3n) is 2.43. The Balaban J connectivity index is 2.88. The molecule has 118 valence electrons. The third kappa shape index (κ3) is 6.00. The summed E-state index contributed by atoms with van der Waals surface area (Å²) >= 11 is 0. The molecule has 0 aromatic heterocycles. The first-order valence-corrected chi connectivity index (χ1v) is 7.24. The summed E-state index contributed by atoms with van der Waals surface area (Å²) in [5, 5.41) is 18.0. The van der Waals surface area contributed by atoms with Gasteiger partial charge in [0, 0.05) is 0 Å². The molecule has 0 amide bonds. The SMILES string of the molecule is O=C(O)[C@@H](NS(=O)(=O)CCC(F)(F)F)c1ccc(O)cc1. The second-order valence-electron chi connectivity index (χ2n) is 4.16. The molecule has 0 saturated heterocycles. The second-order valence-corrected chi connectivity index (χ2v) is 6.04. The van der Waals surface area contributed by atoms with Gasteiger partial charge in [0.25, 0.3) is 0 Å². The van der Waals surface area contributed by atoms with Crippen LogP contribution >= 0.6 is 0 Å².